The van der Waals surface area contributed by atoms with E-state index < -0.39 is 22.1 Å². The second kappa shape index (κ2) is 10.6. The van der Waals surface area contributed by atoms with E-state index in [0.717, 1.165) is 5.56 Å². The molecule has 0 bridgehead atoms. The summed E-state index contributed by atoms with van der Waals surface area (Å²) in [5.41, 5.74) is 1.90. The highest BCUT2D eigenvalue weighted by Crippen LogP contribution is 2.65. The first kappa shape index (κ1) is 26.2. The number of amides is 1. The lowest BCUT2D eigenvalue weighted by molar-refractivity contribution is -0.117. The lowest BCUT2D eigenvalue weighted by atomic mass is 10.1. The van der Waals surface area contributed by atoms with Crippen molar-refractivity contribution in [2.24, 2.45) is 5.92 Å². The van der Waals surface area contributed by atoms with Gasteiger partial charge in [0.15, 0.2) is 5.78 Å². The number of benzene rings is 3. The van der Waals surface area contributed by atoms with Gasteiger partial charge in [0, 0.05) is 27.2 Å². The number of hydrogen-bond donors (Lipinski definition) is 1. The zero-order valence-electron chi connectivity index (χ0n) is 17.8. The van der Waals surface area contributed by atoms with Crippen LogP contribution in [0.2, 0.25) is 15.1 Å². The minimum atomic E-state index is -1.34. The van der Waals surface area contributed by atoms with Gasteiger partial charge in [-0.15, -0.1) is 23.2 Å². The Morgan fingerprint density at radius 2 is 1.60 bits per heavy atom. The standard InChI is InChI=1S/C25H17Cl5FNO3/c26-15-7-14(8-16(27)9-15)22-23(25(22,29)30)24(34)32-18-5-6-20(28)19(10-18)21(33)12-35-11-13-1-3-17(31)4-2-13/h1-10,22-23H,11-12H2,(H,32,34). The van der Waals surface area contributed by atoms with E-state index in [0.29, 0.717) is 21.3 Å². The molecule has 1 fully saturated rings. The third kappa shape index (κ3) is 6.11. The topological polar surface area (TPSA) is 55.4 Å². The predicted molar refractivity (Wildman–Crippen MR) is 138 cm³/mol. The quantitative estimate of drug-likeness (QED) is 0.221. The highest BCUT2D eigenvalue weighted by Gasteiger charge is 2.67. The van der Waals surface area contributed by atoms with Crippen LogP contribution in [0, 0.1) is 11.7 Å². The Morgan fingerprint density at radius 1 is 0.943 bits per heavy atom. The molecular formula is C25H17Cl5FNO3. The molecule has 2 unspecified atom stereocenters. The van der Waals surface area contributed by atoms with Gasteiger partial charge in [0.2, 0.25) is 5.91 Å². The van der Waals surface area contributed by atoms with Gasteiger partial charge in [-0.3, -0.25) is 9.59 Å². The fourth-order valence-electron chi connectivity index (χ4n) is 3.78. The first-order valence-corrected chi connectivity index (χ1v) is 12.2. The van der Waals surface area contributed by atoms with Crippen molar-refractivity contribution in [2.45, 2.75) is 16.9 Å². The van der Waals surface area contributed by atoms with Crippen LogP contribution in [-0.2, 0) is 16.1 Å². The van der Waals surface area contributed by atoms with E-state index in [1.807, 2.05) is 0 Å². The van der Waals surface area contributed by atoms with Crippen LogP contribution in [0.25, 0.3) is 0 Å². The Bertz CT molecular complexity index is 1260. The van der Waals surface area contributed by atoms with E-state index in [1.165, 1.54) is 24.3 Å². The maximum absolute atomic E-state index is 13.0. The van der Waals surface area contributed by atoms with Gasteiger partial charge in [0.05, 0.1) is 17.5 Å². The zero-order valence-corrected chi connectivity index (χ0v) is 21.6. The molecule has 182 valence electrons. The third-order valence-electron chi connectivity index (χ3n) is 5.53. The first-order valence-electron chi connectivity index (χ1n) is 10.4. The number of rotatable bonds is 8. The Morgan fingerprint density at radius 3 is 2.26 bits per heavy atom. The third-order valence-corrected chi connectivity index (χ3v) is 7.24. The summed E-state index contributed by atoms with van der Waals surface area (Å²) in [7, 11) is 0. The van der Waals surface area contributed by atoms with Crippen molar-refractivity contribution in [1.82, 2.24) is 0 Å². The van der Waals surface area contributed by atoms with Crippen LogP contribution in [0.1, 0.15) is 27.4 Å². The van der Waals surface area contributed by atoms with Crippen molar-refractivity contribution in [2.75, 3.05) is 11.9 Å². The summed E-state index contributed by atoms with van der Waals surface area (Å²) >= 11 is 31.1. The summed E-state index contributed by atoms with van der Waals surface area (Å²) < 4.78 is 17.1. The number of halogens is 6. The molecule has 10 heteroatoms. The van der Waals surface area contributed by atoms with Gasteiger partial charge < -0.3 is 10.1 Å². The van der Waals surface area contributed by atoms with Crippen LogP contribution in [0.4, 0.5) is 10.1 Å². The second-order valence-electron chi connectivity index (χ2n) is 8.06. The Balaban J connectivity index is 1.41. The largest absolute Gasteiger partial charge is 0.369 e. The summed E-state index contributed by atoms with van der Waals surface area (Å²) in [4.78, 5) is 25.6. The van der Waals surface area contributed by atoms with Crippen LogP contribution >= 0.6 is 58.0 Å². The lowest BCUT2D eigenvalue weighted by Crippen LogP contribution is -2.18. The molecule has 0 spiro atoms. The van der Waals surface area contributed by atoms with Crippen molar-refractivity contribution in [3.63, 3.8) is 0 Å². The summed E-state index contributed by atoms with van der Waals surface area (Å²) in [5.74, 6) is -2.42. The molecule has 1 amide bonds. The van der Waals surface area contributed by atoms with Gasteiger partial charge in [-0.05, 0) is 59.7 Å². The Labute approximate surface area is 226 Å². The molecule has 1 aliphatic carbocycles. The fourth-order valence-corrected chi connectivity index (χ4v) is 5.37. The maximum Gasteiger partial charge on any atom is 0.231 e. The van der Waals surface area contributed by atoms with Gasteiger partial charge >= 0.3 is 0 Å². The molecule has 0 saturated heterocycles. The van der Waals surface area contributed by atoms with Crippen LogP contribution in [0.3, 0.4) is 0 Å². The number of alkyl halides is 2. The van der Waals surface area contributed by atoms with E-state index in [4.69, 9.17) is 62.7 Å². The van der Waals surface area contributed by atoms with Crippen molar-refractivity contribution in [1.29, 1.82) is 0 Å². The number of carbonyl (C=O) groups is 2. The average Bonchev–Trinajstić information content (AvgIpc) is 3.37. The molecule has 0 aromatic heterocycles. The van der Waals surface area contributed by atoms with Gasteiger partial charge in [-0.1, -0.05) is 46.9 Å². The van der Waals surface area contributed by atoms with Crippen LogP contribution in [0.5, 0.6) is 0 Å². The molecule has 1 saturated carbocycles. The fraction of sp³-hybridized carbons (Fsp3) is 0.200. The van der Waals surface area contributed by atoms with Gasteiger partial charge in [0.25, 0.3) is 0 Å². The highest BCUT2D eigenvalue weighted by atomic mass is 35.5. The van der Waals surface area contributed by atoms with Crippen LogP contribution in [0.15, 0.2) is 60.7 Å². The molecule has 35 heavy (non-hydrogen) atoms. The summed E-state index contributed by atoms with van der Waals surface area (Å²) in [5, 5.41) is 3.76. The number of nitrogens with one attached hydrogen (secondary N) is 1. The molecule has 1 N–H and O–H groups in total. The number of anilines is 1. The first-order chi connectivity index (χ1) is 16.6. The van der Waals surface area contributed by atoms with E-state index in [2.05, 4.69) is 5.32 Å². The second-order valence-corrected chi connectivity index (χ2v) is 10.8. The van der Waals surface area contributed by atoms with Gasteiger partial charge in [-0.25, -0.2) is 4.39 Å². The molecule has 3 aromatic rings. The summed E-state index contributed by atoms with van der Waals surface area (Å²) in [6.45, 7) is -0.120. The van der Waals surface area contributed by atoms with Crippen molar-refractivity contribution in [3.8, 4) is 0 Å². The summed E-state index contributed by atoms with van der Waals surface area (Å²) in [6, 6.07) is 15.2. The molecule has 4 rings (SSSR count). The number of Topliss-reactive ketones (excluding diaryl/α,β-unsaturated/α-hetero) is 1. The SMILES string of the molecule is O=C(COCc1ccc(F)cc1)c1cc(NC(=O)C2C(c3cc(Cl)cc(Cl)c3)C2(Cl)Cl)ccc1Cl. The molecule has 0 heterocycles. The Kier molecular flexibility index (Phi) is 7.96. The number of hydrogen-bond acceptors (Lipinski definition) is 3. The smallest absolute Gasteiger partial charge is 0.231 e. The molecule has 4 nitrogen and oxygen atoms in total. The molecule has 2 atom stereocenters. The minimum Gasteiger partial charge on any atom is -0.369 e. The van der Waals surface area contributed by atoms with Crippen LogP contribution in [-0.4, -0.2) is 22.6 Å². The normalized spacial score (nSPS) is 18.2. The monoisotopic (exact) mass is 573 g/mol. The summed E-state index contributed by atoms with van der Waals surface area (Å²) in [6.07, 6.45) is 0. The highest BCUT2D eigenvalue weighted by molar-refractivity contribution is 6.53. The molecular weight excluding hydrogens is 559 g/mol. The van der Waals surface area contributed by atoms with E-state index in [-0.39, 0.29) is 35.4 Å². The Hall–Kier alpha value is -1.86. The van der Waals surface area contributed by atoms with Crippen molar-refractivity contribution >= 4 is 75.4 Å². The van der Waals surface area contributed by atoms with E-state index in [9.17, 15) is 14.0 Å². The molecule has 3 aromatic carbocycles. The molecule has 0 aliphatic heterocycles. The average molecular weight is 576 g/mol. The van der Waals surface area contributed by atoms with Crippen LogP contribution < -0.4 is 5.32 Å². The van der Waals surface area contributed by atoms with E-state index in [1.54, 1.807) is 36.4 Å². The number of ketones is 1. The number of carbonyl (C=O) groups excluding carboxylic acids is 2. The lowest BCUT2D eigenvalue weighted by Gasteiger charge is -2.10. The van der Waals surface area contributed by atoms with Gasteiger partial charge in [0.1, 0.15) is 16.8 Å². The predicted octanol–water partition coefficient (Wildman–Crippen LogP) is 7.71. The van der Waals surface area contributed by atoms with Crippen molar-refractivity contribution < 1.29 is 18.7 Å². The van der Waals surface area contributed by atoms with Crippen molar-refractivity contribution in [3.05, 3.63) is 98.2 Å². The maximum atomic E-state index is 13.0. The molecule has 1 aliphatic rings. The van der Waals surface area contributed by atoms with Gasteiger partial charge in [-0.2, -0.15) is 0 Å². The zero-order chi connectivity index (χ0) is 25.3. The number of ether oxygens (including phenoxy) is 1. The van der Waals surface area contributed by atoms with E-state index >= 15 is 0 Å². The minimum absolute atomic E-state index is 0.129. The molecule has 0 radical (unpaired) electrons.